The third kappa shape index (κ3) is 3.88. The summed E-state index contributed by atoms with van der Waals surface area (Å²) in [5, 5.41) is 7.75. The van der Waals surface area contributed by atoms with Gasteiger partial charge in [-0.2, -0.15) is 0 Å². The second-order valence-corrected chi connectivity index (χ2v) is 7.72. The van der Waals surface area contributed by atoms with Crippen molar-refractivity contribution >= 4 is 39.1 Å². The maximum atomic E-state index is 12.2. The fourth-order valence-electron chi connectivity index (χ4n) is 2.51. The molecule has 0 heterocycles. The monoisotopic (exact) mass is 350 g/mol. The number of amides is 1. The van der Waals surface area contributed by atoms with Gasteiger partial charge in [-0.3, -0.25) is 4.79 Å². The molecule has 0 bridgehead atoms. The molecule has 3 N–H and O–H groups in total. The summed E-state index contributed by atoms with van der Waals surface area (Å²) in [5.74, 6) is 0.196. The molecule has 21 heavy (non-hydrogen) atoms. The van der Waals surface area contributed by atoms with Gasteiger partial charge >= 0.3 is 0 Å². The highest BCUT2D eigenvalue weighted by atomic mass is 35.5. The van der Waals surface area contributed by atoms with Crippen molar-refractivity contribution in [1.29, 1.82) is 0 Å². The SMILES string of the molecule is CC1CCC(NC(=O)c2cc(Cl)c(Cl)c(S(N)(=O)=O)c2)C1. The van der Waals surface area contributed by atoms with E-state index in [1.165, 1.54) is 6.07 Å². The van der Waals surface area contributed by atoms with Gasteiger partial charge in [-0.05, 0) is 37.3 Å². The first kappa shape index (κ1) is 16.5. The van der Waals surface area contributed by atoms with Gasteiger partial charge in [0, 0.05) is 11.6 Å². The molecule has 116 valence electrons. The van der Waals surface area contributed by atoms with Crippen molar-refractivity contribution in [3.63, 3.8) is 0 Å². The molecule has 1 amide bonds. The van der Waals surface area contributed by atoms with Crippen LogP contribution in [-0.2, 0) is 10.0 Å². The van der Waals surface area contributed by atoms with E-state index < -0.39 is 10.0 Å². The van der Waals surface area contributed by atoms with Crippen LogP contribution in [0.15, 0.2) is 17.0 Å². The summed E-state index contributed by atoms with van der Waals surface area (Å²) in [4.78, 5) is 11.9. The first-order chi connectivity index (χ1) is 9.68. The topological polar surface area (TPSA) is 89.3 Å². The summed E-state index contributed by atoms with van der Waals surface area (Å²) in [6.07, 6.45) is 2.89. The van der Waals surface area contributed by atoms with Gasteiger partial charge in [-0.1, -0.05) is 30.1 Å². The smallest absolute Gasteiger partial charge is 0.251 e. The maximum absolute atomic E-state index is 12.2. The molecule has 0 aliphatic heterocycles. The third-order valence-corrected chi connectivity index (χ3v) is 5.44. The van der Waals surface area contributed by atoms with Crippen LogP contribution in [0.25, 0.3) is 0 Å². The highest BCUT2D eigenvalue weighted by Crippen LogP contribution is 2.31. The molecule has 1 aliphatic rings. The van der Waals surface area contributed by atoms with Crippen LogP contribution >= 0.6 is 23.2 Å². The van der Waals surface area contributed by atoms with E-state index >= 15 is 0 Å². The lowest BCUT2D eigenvalue weighted by molar-refractivity contribution is 0.0937. The van der Waals surface area contributed by atoms with Gasteiger partial charge in [0.25, 0.3) is 5.91 Å². The zero-order chi connectivity index (χ0) is 15.8. The quantitative estimate of drug-likeness (QED) is 0.877. The number of nitrogens with one attached hydrogen (secondary N) is 1. The second-order valence-electron chi connectivity index (χ2n) is 5.40. The molecular formula is C13H16Cl2N2O3S. The van der Waals surface area contributed by atoms with Gasteiger partial charge in [-0.15, -0.1) is 0 Å². The summed E-state index contributed by atoms with van der Waals surface area (Å²) < 4.78 is 22.9. The minimum atomic E-state index is -4.04. The number of carbonyl (C=O) groups excluding carboxylic acids is 1. The van der Waals surface area contributed by atoms with E-state index in [-0.39, 0.29) is 32.5 Å². The number of benzene rings is 1. The number of sulfonamides is 1. The third-order valence-electron chi connectivity index (χ3n) is 3.59. The van der Waals surface area contributed by atoms with Gasteiger partial charge in [-0.25, -0.2) is 13.6 Å². The zero-order valence-corrected chi connectivity index (χ0v) is 13.7. The Kier molecular flexibility index (Phi) is 4.82. The van der Waals surface area contributed by atoms with Crippen LogP contribution in [0.4, 0.5) is 0 Å². The van der Waals surface area contributed by atoms with Crippen LogP contribution in [0, 0.1) is 5.92 Å². The van der Waals surface area contributed by atoms with E-state index in [9.17, 15) is 13.2 Å². The minimum Gasteiger partial charge on any atom is -0.349 e. The molecule has 2 unspecified atom stereocenters. The van der Waals surface area contributed by atoms with Crippen LogP contribution in [0.3, 0.4) is 0 Å². The largest absolute Gasteiger partial charge is 0.349 e. The predicted octanol–water partition coefficient (Wildman–Crippen LogP) is 2.56. The van der Waals surface area contributed by atoms with E-state index in [2.05, 4.69) is 12.2 Å². The Bertz CT molecular complexity index is 676. The van der Waals surface area contributed by atoms with E-state index in [0.29, 0.717) is 5.92 Å². The Morgan fingerprint density at radius 2 is 2.00 bits per heavy atom. The average molecular weight is 351 g/mol. The number of rotatable bonds is 3. The number of primary sulfonamides is 1. The lowest BCUT2D eigenvalue weighted by Gasteiger charge is -2.14. The van der Waals surface area contributed by atoms with Crippen molar-refractivity contribution in [2.75, 3.05) is 0 Å². The highest BCUT2D eigenvalue weighted by Gasteiger charge is 2.25. The van der Waals surface area contributed by atoms with Crippen molar-refractivity contribution in [1.82, 2.24) is 5.32 Å². The highest BCUT2D eigenvalue weighted by molar-refractivity contribution is 7.89. The van der Waals surface area contributed by atoms with Gasteiger partial charge in [0.05, 0.1) is 10.0 Å². The molecule has 1 aromatic carbocycles. The fraction of sp³-hybridized carbons (Fsp3) is 0.462. The fourth-order valence-corrected chi connectivity index (χ4v) is 3.87. The Balaban J connectivity index is 2.28. The van der Waals surface area contributed by atoms with E-state index in [1.54, 1.807) is 0 Å². The molecular weight excluding hydrogens is 335 g/mol. The van der Waals surface area contributed by atoms with Crippen molar-refractivity contribution in [3.05, 3.63) is 27.7 Å². The Labute approximate surface area is 133 Å². The lowest BCUT2D eigenvalue weighted by Crippen LogP contribution is -2.33. The molecule has 0 spiro atoms. The van der Waals surface area contributed by atoms with Crippen LogP contribution in [0.1, 0.15) is 36.5 Å². The van der Waals surface area contributed by atoms with Crippen molar-refractivity contribution in [3.8, 4) is 0 Å². The summed E-state index contributed by atoms with van der Waals surface area (Å²) >= 11 is 11.7. The van der Waals surface area contributed by atoms with Crippen LogP contribution in [0.5, 0.6) is 0 Å². The Morgan fingerprint density at radius 3 is 2.52 bits per heavy atom. The molecule has 0 aromatic heterocycles. The molecule has 0 radical (unpaired) electrons. The van der Waals surface area contributed by atoms with Gasteiger partial charge in [0.2, 0.25) is 10.0 Å². The molecule has 2 rings (SSSR count). The van der Waals surface area contributed by atoms with E-state index in [0.717, 1.165) is 25.3 Å². The van der Waals surface area contributed by atoms with Crippen molar-refractivity contribution in [2.45, 2.75) is 37.1 Å². The van der Waals surface area contributed by atoms with Gasteiger partial charge in [0.15, 0.2) is 0 Å². The first-order valence-corrected chi connectivity index (χ1v) is 8.81. The molecule has 0 saturated heterocycles. The number of halogens is 2. The molecule has 1 aromatic rings. The van der Waals surface area contributed by atoms with Crippen LogP contribution < -0.4 is 10.5 Å². The standard InChI is InChI=1S/C13H16Cl2N2O3S/c1-7-2-3-9(4-7)17-13(18)8-5-10(14)12(15)11(6-8)21(16,19)20/h5-7,9H,2-4H2,1H3,(H,17,18)(H2,16,19,20). The molecule has 1 saturated carbocycles. The van der Waals surface area contributed by atoms with Crippen LogP contribution in [-0.4, -0.2) is 20.4 Å². The second kappa shape index (κ2) is 6.12. The lowest BCUT2D eigenvalue weighted by atomic mass is 10.1. The van der Waals surface area contributed by atoms with E-state index in [1.807, 2.05) is 0 Å². The van der Waals surface area contributed by atoms with Crippen molar-refractivity contribution in [2.24, 2.45) is 11.1 Å². The summed E-state index contributed by atoms with van der Waals surface area (Å²) in [7, 11) is -4.04. The molecule has 1 fully saturated rings. The molecule has 5 nitrogen and oxygen atoms in total. The Morgan fingerprint density at radius 1 is 1.33 bits per heavy atom. The summed E-state index contributed by atoms with van der Waals surface area (Å²) in [5.41, 5.74) is 0.132. The molecule has 1 aliphatic carbocycles. The molecule has 8 heteroatoms. The first-order valence-electron chi connectivity index (χ1n) is 6.51. The number of nitrogens with two attached hydrogens (primary N) is 1. The number of carbonyl (C=O) groups is 1. The summed E-state index contributed by atoms with van der Waals surface area (Å²) in [6, 6.07) is 2.59. The van der Waals surface area contributed by atoms with Crippen LogP contribution in [0.2, 0.25) is 10.0 Å². The normalized spacial score (nSPS) is 22.3. The predicted molar refractivity (Wildman–Crippen MR) is 82.1 cm³/mol. The van der Waals surface area contributed by atoms with Gasteiger partial charge in [0.1, 0.15) is 4.90 Å². The minimum absolute atomic E-state index is 0.0202. The zero-order valence-electron chi connectivity index (χ0n) is 11.4. The molecule has 2 atom stereocenters. The van der Waals surface area contributed by atoms with Gasteiger partial charge < -0.3 is 5.32 Å². The Hall–Kier alpha value is -0.820. The number of hydrogen-bond donors (Lipinski definition) is 2. The van der Waals surface area contributed by atoms with E-state index in [4.69, 9.17) is 28.3 Å². The average Bonchev–Trinajstić information content (AvgIpc) is 2.76. The number of hydrogen-bond acceptors (Lipinski definition) is 3. The maximum Gasteiger partial charge on any atom is 0.251 e. The summed E-state index contributed by atoms with van der Waals surface area (Å²) in [6.45, 7) is 2.13. The van der Waals surface area contributed by atoms with Crippen molar-refractivity contribution < 1.29 is 13.2 Å².